The quantitative estimate of drug-likeness (QED) is 0.319. The summed E-state index contributed by atoms with van der Waals surface area (Å²) in [5.41, 5.74) is 0.396. The fourth-order valence-electron chi connectivity index (χ4n) is 0.328. The second-order valence-corrected chi connectivity index (χ2v) is 1.49. The first kappa shape index (κ1) is 7.14. The highest BCUT2D eigenvalue weighted by atomic mass is 16.1. The van der Waals surface area contributed by atoms with Crippen LogP contribution >= 0.6 is 0 Å². The first-order valence-corrected chi connectivity index (χ1v) is 2.50. The molecule has 0 spiro atoms. The molecule has 0 unspecified atom stereocenters. The molecule has 3 heteroatoms. The summed E-state index contributed by atoms with van der Waals surface area (Å²) < 4.78 is 0. The number of ketones is 1. The summed E-state index contributed by atoms with van der Waals surface area (Å²) in [5, 5.41) is 3.23. The molecule has 0 radical (unpaired) electrons. The summed E-state index contributed by atoms with van der Waals surface area (Å²) in [7, 11) is 0. The molecule has 3 nitrogen and oxygen atoms in total. The van der Waals surface area contributed by atoms with Gasteiger partial charge in [0.05, 0.1) is 5.71 Å². The predicted molar refractivity (Wildman–Crippen MR) is 32.6 cm³/mol. The first-order chi connectivity index (χ1) is 3.72. The molecule has 0 aliphatic carbocycles. The summed E-state index contributed by atoms with van der Waals surface area (Å²) in [6.45, 7) is 3.38. The van der Waals surface area contributed by atoms with Gasteiger partial charge in [0.15, 0.2) is 5.78 Å². The van der Waals surface area contributed by atoms with Crippen LogP contribution < -0.4 is 5.84 Å². The number of rotatable bonds is 2. The van der Waals surface area contributed by atoms with Gasteiger partial charge in [-0.3, -0.25) is 4.79 Å². The van der Waals surface area contributed by atoms with Gasteiger partial charge in [0.2, 0.25) is 0 Å². The molecule has 0 aromatic carbocycles. The molecule has 0 heterocycles. The van der Waals surface area contributed by atoms with E-state index in [2.05, 4.69) is 5.10 Å². The standard InChI is InChI=1S/C5H10N2O/c1-3-5(8)4(2)7-6/h3,6H2,1-2H3/b7-4+. The Morgan fingerprint density at radius 3 is 2.38 bits per heavy atom. The van der Waals surface area contributed by atoms with E-state index in [4.69, 9.17) is 5.84 Å². The minimum absolute atomic E-state index is 0.00694. The van der Waals surface area contributed by atoms with Gasteiger partial charge in [-0.2, -0.15) is 5.10 Å². The monoisotopic (exact) mass is 114 g/mol. The van der Waals surface area contributed by atoms with Crippen LogP contribution in [0.25, 0.3) is 0 Å². The first-order valence-electron chi connectivity index (χ1n) is 2.50. The van der Waals surface area contributed by atoms with E-state index in [0.717, 1.165) is 0 Å². The number of hydrogen-bond acceptors (Lipinski definition) is 3. The maximum Gasteiger partial charge on any atom is 0.178 e. The predicted octanol–water partition coefficient (Wildman–Crippen LogP) is 0.300. The molecule has 2 N–H and O–H groups in total. The van der Waals surface area contributed by atoms with E-state index in [9.17, 15) is 4.79 Å². The lowest BCUT2D eigenvalue weighted by atomic mass is 10.2. The number of carbonyl (C=O) groups is 1. The van der Waals surface area contributed by atoms with Crippen molar-refractivity contribution in [2.75, 3.05) is 0 Å². The minimum atomic E-state index is 0.00694. The Morgan fingerprint density at radius 2 is 2.25 bits per heavy atom. The lowest BCUT2D eigenvalue weighted by Gasteiger charge is -1.89. The van der Waals surface area contributed by atoms with Gasteiger partial charge < -0.3 is 5.84 Å². The highest BCUT2D eigenvalue weighted by molar-refractivity contribution is 6.38. The Bertz CT molecular complexity index is 118. The van der Waals surface area contributed by atoms with Crippen LogP contribution in [0, 0.1) is 0 Å². The minimum Gasteiger partial charge on any atom is -0.323 e. The molecule has 0 aromatic rings. The number of Topliss-reactive ketones (excluding diaryl/α,β-unsaturated/α-hetero) is 1. The van der Waals surface area contributed by atoms with Crippen LogP contribution in [-0.4, -0.2) is 11.5 Å². The van der Waals surface area contributed by atoms with Gasteiger partial charge in [-0.15, -0.1) is 0 Å². The number of carbonyl (C=O) groups excluding carboxylic acids is 1. The summed E-state index contributed by atoms with van der Waals surface area (Å²) in [6, 6.07) is 0. The summed E-state index contributed by atoms with van der Waals surface area (Å²) >= 11 is 0. The third kappa shape index (κ3) is 1.73. The van der Waals surface area contributed by atoms with Gasteiger partial charge in [0.25, 0.3) is 0 Å². The van der Waals surface area contributed by atoms with Crippen LogP contribution in [0.5, 0.6) is 0 Å². The van der Waals surface area contributed by atoms with Crippen molar-refractivity contribution in [1.82, 2.24) is 0 Å². The summed E-state index contributed by atoms with van der Waals surface area (Å²) in [6.07, 6.45) is 0.479. The van der Waals surface area contributed by atoms with Gasteiger partial charge in [0.1, 0.15) is 0 Å². The maximum absolute atomic E-state index is 10.5. The van der Waals surface area contributed by atoms with E-state index >= 15 is 0 Å². The van der Waals surface area contributed by atoms with Gasteiger partial charge in [0, 0.05) is 6.42 Å². The molecule has 0 aliphatic rings. The van der Waals surface area contributed by atoms with Crippen molar-refractivity contribution in [2.45, 2.75) is 20.3 Å². The second kappa shape index (κ2) is 3.18. The topological polar surface area (TPSA) is 55.5 Å². The zero-order valence-electron chi connectivity index (χ0n) is 5.14. The van der Waals surface area contributed by atoms with E-state index in [1.807, 2.05) is 0 Å². The van der Waals surface area contributed by atoms with Crippen molar-refractivity contribution in [3.63, 3.8) is 0 Å². The molecule has 0 atom stereocenters. The molecule has 46 valence electrons. The molecule has 0 bridgehead atoms. The maximum atomic E-state index is 10.5. The zero-order valence-corrected chi connectivity index (χ0v) is 5.14. The second-order valence-electron chi connectivity index (χ2n) is 1.49. The molecular weight excluding hydrogens is 104 g/mol. The Labute approximate surface area is 48.6 Å². The molecule has 0 amide bonds. The molecular formula is C5H10N2O. The third-order valence-electron chi connectivity index (χ3n) is 0.918. The highest BCUT2D eigenvalue weighted by Crippen LogP contribution is 1.82. The molecule has 0 aliphatic heterocycles. The molecule has 0 saturated carbocycles. The van der Waals surface area contributed by atoms with Crippen molar-refractivity contribution in [3.8, 4) is 0 Å². The lowest BCUT2D eigenvalue weighted by molar-refractivity contribution is -0.112. The van der Waals surface area contributed by atoms with E-state index in [-0.39, 0.29) is 5.78 Å². The number of nitrogens with two attached hydrogens (primary N) is 1. The van der Waals surface area contributed by atoms with E-state index in [1.165, 1.54) is 0 Å². The van der Waals surface area contributed by atoms with Gasteiger partial charge >= 0.3 is 0 Å². The molecule has 0 rings (SSSR count). The Balaban J connectivity index is 3.83. The number of nitrogens with zero attached hydrogens (tertiary/aromatic N) is 1. The van der Waals surface area contributed by atoms with Gasteiger partial charge in [-0.05, 0) is 6.92 Å². The van der Waals surface area contributed by atoms with Crippen LogP contribution in [0.1, 0.15) is 20.3 Å². The highest BCUT2D eigenvalue weighted by Gasteiger charge is 1.99. The van der Waals surface area contributed by atoms with E-state index in [0.29, 0.717) is 12.1 Å². The Hall–Kier alpha value is -0.860. The van der Waals surface area contributed by atoms with Crippen LogP contribution in [-0.2, 0) is 4.79 Å². The van der Waals surface area contributed by atoms with E-state index in [1.54, 1.807) is 13.8 Å². The number of hydrazone groups is 1. The average Bonchev–Trinajstić information content (AvgIpc) is 1.84. The number of hydrogen-bond donors (Lipinski definition) is 1. The Kier molecular flexibility index (Phi) is 2.84. The lowest BCUT2D eigenvalue weighted by Crippen LogP contribution is -2.09. The van der Waals surface area contributed by atoms with Crippen molar-refractivity contribution >= 4 is 11.5 Å². The average molecular weight is 114 g/mol. The smallest absolute Gasteiger partial charge is 0.178 e. The Morgan fingerprint density at radius 1 is 1.75 bits per heavy atom. The van der Waals surface area contributed by atoms with Crippen LogP contribution in [0.2, 0.25) is 0 Å². The van der Waals surface area contributed by atoms with Gasteiger partial charge in [-0.1, -0.05) is 6.92 Å². The van der Waals surface area contributed by atoms with Gasteiger partial charge in [-0.25, -0.2) is 0 Å². The fourth-order valence-corrected chi connectivity index (χ4v) is 0.328. The van der Waals surface area contributed by atoms with E-state index < -0.39 is 0 Å². The normalized spacial score (nSPS) is 11.5. The van der Waals surface area contributed by atoms with Crippen molar-refractivity contribution < 1.29 is 4.79 Å². The van der Waals surface area contributed by atoms with Crippen LogP contribution in [0.3, 0.4) is 0 Å². The van der Waals surface area contributed by atoms with Crippen LogP contribution in [0.15, 0.2) is 5.10 Å². The summed E-state index contributed by atoms with van der Waals surface area (Å²) in [4.78, 5) is 10.5. The van der Waals surface area contributed by atoms with Crippen molar-refractivity contribution in [2.24, 2.45) is 10.9 Å². The molecule has 0 aromatic heterocycles. The molecule has 0 saturated heterocycles. The third-order valence-corrected chi connectivity index (χ3v) is 0.918. The van der Waals surface area contributed by atoms with Crippen LogP contribution in [0.4, 0.5) is 0 Å². The van der Waals surface area contributed by atoms with Crippen molar-refractivity contribution in [3.05, 3.63) is 0 Å². The summed E-state index contributed by atoms with van der Waals surface area (Å²) in [5.74, 6) is 4.82. The fraction of sp³-hybridized carbons (Fsp3) is 0.600. The zero-order chi connectivity index (χ0) is 6.57. The SMILES string of the molecule is CCC(=O)/C(C)=N/N. The molecule has 0 fully saturated rings. The molecule has 8 heavy (non-hydrogen) atoms. The largest absolute Gasteiger partial charge is 0.323 e. The van der Waals surface area contributed by atoms with Crippen molar-refractivity contribution in [1.29, 1.82) is 0 Å².